The van der Waals surface area contributed by atoms with Gasteiger partial charge in [0.1, 0.15) is 11.5 Å². The molecule has 5 nitrogen and oxygen atoms in total. The van der Waals surface area contributed by atoms with Crippen LogP contribution in [0.1, 0.15) is 33.6 Å². The van der Waals surface area contributed by atoms with Crippen molar-refractivity contribution in [3.05, 3.63) is 30.0 Å². The molecule has 1 atom stereocenters. The van der Waals surface area contributed by atoms with Gasteiger partial charge in [-0.15, -0.1) is 0 Å². The summed E-state index contributed by atoms with van der Waals surface area (Å²) in [7, 11) is 0. The summed E-state index contributed by atoms with van der Waals surface area (Å²) < 4.78 is 18.1. The van der Waals surface area contributed by atoms with E-state index in [2.05, 4.69) is 48.1 Å². The fourth-order valence-corrected chi connectivity index (χ4v) is 2.06. The number of hydrogen-bond donors (Lipinski definition) is 1. The van der Waals surface area contributed by atoms with E-state index in [1.807, 2.05) is 0 Å². The zero-order valence-corrected chi connectivity index (χ0v) is 12.9. The monoisotopic (exact) mass is 292 g/mol. The van der Waals surface area contributed by atoms with E-state index < -0.39 is 0 Å². The number of pyridine rings is 1. The molecule has 0 aromatic carbocycles. The number of nitrogens with zero attached hydrogens (tertiary/aromatic N) is 3. The van der Waals surface area contributed by atoms with Gasteiger partial charge in [0.2, 0.25) is 11.7 Å². The summed E-state index contributed by atoms with van der Waals surface area (Å²) in [6.45, 7) is 9.44. The first-order valence-corrected chi connectivity index (χ1v) is 7.08. The van der Waals surface area contributed by atoms with E-state index in [4.69, 9.17) is 4.52 Å². The van der Waals surface area contributed by atoms with Crippen molar-refractivity contribution < 1.29 is 8.91 Å². The van der Waals surface area contributed by atoms with Crippen LogP contribution in [0.25, 0.3) is 11.5 Å². The quantitative estimate of drug-likeness (QED) is 0.918. The van der Waals surface area contributed by atoms with Crippen LogP contribution in [0.15, 0.2) is 22.9 Å². The molecular weight excluding hydrogens is 271 g/mol. The Bertz CT molecular complexity index is 574. The number of aromatic nitrogens is 3. The van der Waals surface area contributed by atoms with Crippen LogP contribution < -0.4 is 5.32 Å². The van der Waals surface area contributed by atoms with E-state index in [1.165, 1.54) is 12.1 Å². The minimum atomic E-state index is -0.387. The van der Waals surface area contributed by atoms with Crippen LogP contribution in [0.3, 0.4) is 0 Å². The molecule has 0 amide bonds. The Balaban J connectivity index is 2.14. The van der Waals surface area contributed by atoms with Crippen LogP contribution in [-0.4, -0.2) is 27.7 Å². The van der Waals surface area contributed by atoms with Crippen LogP contribution in [0, 0.1) is 11.2 Å². The summed E-state index contributed by atoms with van der Waals surface area (Å²) in [5, 5.41) is 7.35. The maximum Gasteiger partial charge on any atom is 0.228 e. The minimum Gasteiger partial charge on any atom is -0.339 e. The molecule has 0 spiro atoms. The van der Waals surface area contributed by atoms with Gasteiger partial charge in [0.05, 0.1) is 6.20 Å². The van der Waals surface area contributed by atoms with Gasteiger partial charge in [0, 0.05) is 12.5 Å². The molecule has 0 saturated carbocycles. The Morgan fingerprint density at radius 1 is 1.33 bits per heavy atom. The van der Waals surface area contributed by atoms with Gasteiger partial charge in [-0.2, -0.15) is 4.98 Å². The van der Waals surface area contributed by atoms with Crippen molar-refractivity contribution in [3.63, 3.8) is 0 Å². The molecule has 1 unspecified atom stereocenters. The summed E-state index contributed by atoms with van der Waals surface area (Å²) in [6.07, 6.45) is 1.79. The lowest BCUT2D eigenvalue weighted by atomic mass is 9.84. The highest BCUT2D eigenvalue weighted by Crippen LogP contribution is 2.23. The summed E-state index contributed by atoms with van der Waals surface area (Å²) in [6, 6.07) is 3.10. The van der Waals surface area contributed by atoms with Crippen LogP contribution in [0.5, 0.6) is 0 Å². The largest absolute Gasteiger partial charge is 0.339 e. The van der Waals surface area contributed by atoms with Crippen molar-refractivity contribution in [2.45, 2.75) is 40.2 Å². The SMILES string of the molecule is CCNC(Cc1nc(-c2ccc(F)cn2)no1)C(C)(C)C. The second-order valence-electron chi connectivity index (χ2n) is 6.05. The number of nitrogens with one attached hydrogen (secondary N) is 1. The molecule has 2 aromatic heterocycles. The molecule has 2 aromatic rings. The average Bonchev–Trinajstić information content (AvgIpc) is 2.87. The molecule has 0 fully saturated rings. The van der Waals surface area contributed by atoms with Gasteiger partial charge in [-0.1, -0.05) is 32.9 Å². The lowest BCUT2D eigenvalue weighted by Gasteiger charge is -2.30. The molecule has 21 heavy (non-hydrogen) atoms. The van der Waals surface area contributed by atoms with Crippen LogP contribution >= 0.6 is 0 Å². The second kappa shape index (κ2) is 6.30. The Hall–Kier alpha value is -1.82. The normalized spacial score (nSPS) is 13.4. The van der Waals surface area contributed by atoms with Gasteiger partial charge in [-0.3, -0.25) is 0 Å². The van der Waals surface area contributed by atoms with Gasteiger partial charge in [0.25, 0.3) is 0 Å². The smallest absolute Gasteiger partial charge is 0.228 e. The Kier molecular flexibility index (Phi) is 4.67. The van der Waals surface area contributed by atoms with Crippen molar-refractivity contribution in [1.82, 2.24) is 20.4 Å². The zero-order valence-electron chi connectivity index (χ0n) is 12.9. The lowest BCUT2D eigenvalue weighted by Crippen LogP contribution is -2.41. The third kappa shape index (κ3) is 4.07. The van der Waals surface area contributed by atoms with E-state index in [0.29, 0.717) is 23.8 Å². The van der Waals surface area contributed by atoms with Crippen LogP contribution in [-0.2, 0) is 6.42 Å². The summed E-state index contributed by atoms with van der Waals surface area (Å²) in [5.41, 5.74) is 0.584. The van der Waals surface area contributed by atoms with Gasteiger partial charge in [-0.25, -0.2) is 9.37 Å². The third-order valence-corrected chi connectivity index (χ3v) is 3.30. The molecule has 114 valence electrons. The predicted molar refractivity (Wildman–Crippen MR) is 78.1 cm³/mol. The van der Waals surface area contributed by atoms with E-state index in [1.54, 1.807) is 0 Å². The number of halogens is 1. The van der Waals surface area contributed by atoms with Crippen molar-refractivity contribution in [3.8, 4) is 11.5 Å². The highest BCUT2D eigenvalue weighted by Gasteiger charge is 2.26. The third-order valence-electron chi connectivity index (χ3n) is 3.30. The van der Waals surface area contributed by atoms with Crippen LogP contribution in [0.4, 0.5) is 4.39 Å². The first-order chi connectivity index (χ1) is 9.90. The lowest BCUT2D eigenvalue weighted by molar-refractivity contribution is 0.247. The number of rotatable bonds is 5. The molecule has 0 aliphatic rings. The van der Waals surface area contributed by atoms with Gasteiger partial charge in [0.15, 0.2) is 0 Å². The maximum atomic E-state index is 12.9. The molecule has 0 radical (unpaired) electrons. The molecule has 0 aliphatic carbocycles. The second-order valence-corrected chi connectivity index (χ2v) is 6.05. The van der Waals surface area contributed by atoms with Crippen molar-refractivity contribution in [2.75, 3.05) is 6.54 Å². The maximum absolute atomic E-state index is 12.9. The molecule has 0 saturated heterocycles. The first-order valence-electron chi connectivity index (χ1n) is 7.08. The topological polar surface area (TPSA) is 63.8 Å². The van der Waals surface area contributed by atoms with Gasteiger partial charge < -0.3 is 9.84 Å². The van der Waals surface area contributed by atoms with E-state index >= 15 is 0 Å². The fraction of sp³-hybridized carbons (Fsp3) is 0.533. The Morgan fingerprint density at radius 3 is 2.67 bits per heavy atom. The molecule has 2 rings (SSSR count). The Labute approximate surface area is 124 Å². The predicted octanol–water partition coefficient (Wildman–Crippen LogP) is 2.84. The standard InChI is InChI=1S/C15H21FN4O/c1-5-17-12(15(2,3)4)8-13-19-14(20-21-13)11-7-6-10(16)9-18-11/h6-7,9,12,17H,5,8H2,1-4H3. The van der Waals surface area contributed by atoms with Crippen molar-refractivity contribution in [1.29, 1.82) is 0 Å². The first kappa shape index (κ1) is 15.6. The van der Waals surface area contributed by atoms with Gasteiger partial charge in [-0.05, 0) is 24.1 Å². The molecule has 6 heteroatoms. The molecular formula is C15H21FN4O. The highest BCUT2D eigenvalue weighted by atomic mass is 19.1. The summed E-state index contributed by atoms with van der Waals surface area (Å²) >= 11 is 0. The minimum absolute atomic E-state index is 0.0821. The molecule has 2 heterocycles. The summed E-state index contributed by atoms with van der Waals surface area (Å²) in [4.78, 5) is 8.29. The average molecular weight is 292 g/mol. The fourth-order valence-electron chi connectivity index (χ4n) is 2.06. The Morgan fingerprint density at radius 2 is 2.10 bits per heavy atom. The van der Waals surface area contributed by atoms with E-state index in [0.717, 1.165) is 12.7 Å². The zero-order chi connectivity index (χ0) is 15.5. The van der Waals surface area contributed by atoms with Crippen LogP contribution in [0.2, 0.25) is 0 Å². The highest BCUT2D eigenvalue weighted by molar-refractivity contribution is 5.47. The molecule has 1 N–H and O–H groups in total. The van der Waals surface area contributed by atoms with Crippen molar-refractivity contribution in [2.24, 2.45) is 5.41 Å². The van der Waals surface area contributed by atoms with E-state index in [-0.39, 0.29) is 17.3 Å². The summed E-state index contributed by atoms with van der Waals surface area (Å²) in [5.74, 6) is 0.550. The molecule has 0 aliphatic heterocycles. The number of hydrogen-bond acceptors (Lipinski definition) is 5. The number of likely N-dealkylation sites (N-methyl/N-ethyl adjacent to an activating group) is 1. The molecule has 0 bridgehead atoms. The van der Waals surface area contributed by atoms with Gasteiger partial charge >= 0.3 is 0 Å². The van der Waals surface area contributed by atoms with Crippen molar-refractivity contribution >= 4 is 0 Å². The van der Waals surface area contributed by atoms with E-state index in [9.17, 15) is 4.39 Å².